The molecule has 1 heterocycles. The Bertz CT molecular complexity index is 583. The van der Waals surface area contributed by atoms with Crippen LogP contribution in [0.5, 0.6) is 0 Å². The smallest absolute Gasteiger partial charge is 0.338 e. The average molecular weight is 391 g/mol. The fourth-order valence-corrected chi connectivity index (χ4v) is 3.44. The molecule has 1 aromatic heterocycles. The van der Waals surface area contributed by atoms with Crippen LogP contribution in [0.1, 0.15) is 15.2 Å². The zero-order valence-electron chi connectivity index (χ0n) is 9.11. The number of benzene rings is 1. The first-order valence-corrected chi connectivity index (χ1v) is 7.53. The van der Waals surface area contributed by atoms with Gasteiger partial charge in [-0.3, -0.25) is 0 Å². The monoisotopic (exact) mass is 389 g/mol. The molecular formula is C12H9Br2NO2S. The van der Waals surface area contributed by atoms with Crippen molar-refractivity contribution in [3.63, 3.8) is 0 Å². The van der Waals surface area contributed by atoms with Crippen molar-refractivity contribution in [3.05, 3.63) is 49.0 Å². The standard InChI is InChI=1S/C12H9Br2NO2S/c13-7-4-8(18-6-7)5-15-10-3-1-2-9(14)11(10)12(16)17/h1-4,6,15H,5H2,(H,16,17). The molecule has 0 amide bonds. The summed E-state index contributed by atoms with van der Waals surface area (Å²) >= 11 is 8.26. The first-order chi connectivity index (χ1) is 8.58. The van der Waals surface area contributed by atoms with E-state index in [0.717, 1.165) is 9.35 Å². The SMILES string of the molecule is O=C(O)c1c(Br)cccc1NCc1cc(Br)cs1. The van der Waals surface area contributed by atoms with Crippen LogP contribution in [0.25, 0.3) is 0 Å². The molecule has 1 aromatic carbocycles. The number of anilines is 1. The van der Waals surface area contributed by atoms with Crippen LogP contribution < -0.4 is 5.32 Å². The molecule has 0 saturated carbocycles. The molecule has 3 nitrogen and oxygen atoms in total. The van der Waals surface area contributed by atoms with E-state index in [4.69, 9.17) is 0 Å². The molecule has 0 atom stereocenters. The molecule has 0 fully saturated rings. The van der Waals surface area contributed by atoms with E-state index in [0.29, 0.717) is 16.7 Å². The van der Waals surface area contributed by atoms with Crippen molar-refractivity contribution in [3.8, 4) is 0 Å². The van der Waals surface area contributed by atoms with Gasteiger partial charge in [-0.15, -0.1) is 11.3 Å². The highest BCUT2D eigenvalue weighted by atomic mass is 79.9. The second-order valence-corrected chi connectivity index (χ2v) is 6.32. The van der Waals surface area contributed by atoms with E-state index in [9.17, 15) is 9.90 Å². The second-order valence-electron chi connectivity index (χ2n) is 3.55. The topological polar surface area (TPSA) is 49.3 Å². The van der Waals surface area contributed by atoms with E-state index in [-0.39, 0.29) is 5.56 Å². The molecule has 2 rings (SSSR count). The molecule has 0 saturated heterocycles. The Hall–Kier alpha value is -0.850. The number of nitrogens with one attached hydrogen (secondary N) is 1. The molecule has 2 N–H and O–H groups in total. The zero-order valence-corrected chi connectivity index (χ0v) is 13.1. The molecule has 0 spiro atoms. The van der Waals surface area contributed by atoms with Crippen molar-refractivity contribution in [1.29, 1.82) is 0 Å². The van der Waals surface area contributed by atoms with Gasteiger partial charge < -0.3 is 10.4 Å². The molecule has 0 radical (unpaired) electrons. The summed E-state index contributed by atoms with van der Waals surface area (Å²) in [6.45, 7) is 0.604. The summed E-state index contributed by atoms with van der Waals surface area (Å²) < 4.78 is 1.62. The molecule has 18 heavy (non-hydrogen) atoms. The van der Waals surface area contributed by atoms with Crippen molar-refractivity contribution >= 4 is 54.9 Å². The highest BCUT2D eigenvalue weighted by molar-refractivity contribution is 9.10. The van der Waals surface area contributed by atoms with Crippen molar-refractivity contribution in [1.82, 2.24) is 0 Å². The van der Waals surface area contributed by atoms with E-state index < -0.39 is 5.97 Å². The molecule has 0 bridgehead atoms. The Kier molecular flexibility index (Phi) is 4.42. The summed E-state index contributed by atoms with van der Waals surface area (Å²) in [4.78, 5) is 12.3. The molecule has 0 aliphatic rings. The highest BCUT2D eigenvalue weighted by Gasteiger charge is 2.13. The number of carboxylic acid groups (broad SMARTS) is 1. The molecule has 0 aliphatic carbocycles. The lowest BCUT2D eigenvalue weighted by atomic mass is 10.2. The van der Waals surface area contributed by atoms with Crippen molar-refractivity contribution in [2.45, 2.75) is 6.54 Å². The van der Waals surface area contributed by atoms with Gasteiger partial charge in [-0.05, 0) is 50.1 Å². The van der Waals surface area contributed by atoms with Gasteiger partial charge >= 0.3 is 5.97 Å². The maximum Gasteiger partial charge on any atom is 0.338 e. The predicted molar refractivity (Wildman–Crippen MR) is 80.4 cm³/mol. The summed E-state index contributed by atoms with van der Waals surface area (Å²) in [6.07, 6.45) is 0. The van der Waals surface area contributed by atoms with Gasteiger partial charge in [-0.1, -0.05) is 6.07 Å². The van der Waals surface area contributed by atoms with Crippen molar-refractivity contribution < 1.29 is 9.90 Å². The van der Waals surface area contributed by atoms with Gasteiger partial charge in [0.05, 0.1) is 11.3 Å². The normalized spacial score (nSPS) is 10.3. The Morgan fingerprint density at radius 2 is 2.17 bits per heavy atom. The lowest BCUT2D eigenvalue weighted by Gasteiger charge is -2.09. The van der Waals surface area contributed by atoms with Crippen molar-refractivity contribution in [2.24, 2.45) is 0 Å². The zero-order chi connectivity index (χ0) is 13.1. The average Bonchev–Trinajstić information content (AvgIpc) is 2.72. The largest absolute Gasteiger partial charge is 0.478 e. The molecule has 0 aliphatic heterocycles. The minimum Gasteiger partial charge on any atom is -0.478 e. The van der Waals surface area contributed by atoms with Crippen LogP contribution in [0, 0.1) is 0 Å². The predicted octanol–water partition coefficient (Wildman–Crippen LogP) is 4.58. The Morgan fingerprint density at radius 3 is 2.78 bits per heavy atom. The van der Waals surface area contributed by atoms with Crippen LogP contribution in [-0.4, -0.2) is 11.1 Å². The Labute approximate surface area is 125 Å². The molecule has 2 aromatic rings. The molecule has 0 unspecified atom stereocenters. The number of carboxylic acids is 1. The summed E-state index contributed by atoms with van der Waals surface area (Å²) in [5.74, 6) is -0.947. The fraction of sp³-hybridized carbons (Fsp3) is 0.0833. The number of carbonyl (C=O) groups is 1. The maximum absolute atomic E-state index is 11.2. The summed E-state index contributed by atoms with van der Waals surface area (Å²) in [7, 11) is 0. The summed E-state index contributed by atoms with van der Waals surface area (Å²) in [5.41, 5.74) is 0.870. The van der Waals surface area contributed by atoms with Gasteiger partial charge in [0, 0.05) is 25.7 Å². The number of thiophene rings is 1. The minimum absolute atomic E-state index is 0.258. The van der Waals surface area contributed by atoms with E-state index in [1.54, 1.807) is 23.5 Å². The molecule has 94 valence electrons. The first-order valence-electron chi connectivity index (χ1n) is 5.06. The van der Waals surface area contributed by atoms with Crippen LogP contribution in [0.3, 0.4) is 0 Å². The van der Waals surface area contributed by atoms with Gasteiger partial charge in [0.15, 0.2) is 0 Å². The lowest BCUT2D eigenvalue weighted by Crippen LogP contribution is -2.06. The second kappa shape index (κ2) is 5.86. The minimum atomic E-state index is -0.947. The Morgan fingerprint density at radius 1 is 1.39 bits per heavy atom. The molecule has 6 heteroatoms. The first kappa shape index (κ1) is 13.6. The molecular weight excluding hydrogens is 382 g/mol. The van der Waals surface area contributed by atoms with Gasteiger partial charge in [-0.2, -0.15) is 0 Å². The van der Waals surface area contributed by atoms with E-state index in [2.05, 4.69) is 37.2 Å². The summed E-state index contributed by atoms with van der Waals surface area (Å²) in [5, 5.41) is 14.3. The highest BCUT2D eigenvalue weighted by Crippen LogP contribution is 2.26. The Balaban J connectivity index is 2.19. The van der Waals surface area contributed by atoms with E-state index in [1.165, 1.54) is 0 Å². The number of rotatable bonds is 4. The quantitative estimate of drug-likeness (QED) is 0.802. The van der Waals surface area contributed by atoms with E-state index >= 15 is 0 Å². The van der Waals surface area contributed by atoms with Crippen LogP contribution in [-0.2, 0) is 6.54 Å². The summed E-state index contributed by atoms with van der Waals surface area (Å²) in [6, 6.07) is 7.30. The van der Waals surface area contributed by atoms with Gasteiger partial charge in [0.1, 0.15) is 0 Å². The van der Waals surface area contributed by atoms with Crippen LogP contribution in [0.4, 0.5) is 5.69 Å². The third kappa shape index (κ3) is 3.13. The van der Waals surface area contributed by atoms with E-state index in [1.807, 2.05) is 17.5 Å². The van der Waals surface area contributed by atoms with Crippen LogP contribution in [0.15, 0.2) is 38.6 Å². The van der Waals surface area contributed by atoms with Gasteiger partial charge in [-0.25, -0.2) is 4.79 Å². The fourth-order valence-electron chi connectivity index (χ4n) is 1.52. The number of hydrogen-bond donors (Lipinski definition) is 2. The van der Waals surface area contributed by atoms with Gasteiger partial charge in [0.2, 0.25) is 0 Å². The number of halogens is 2. The van der Waals surface area contributed by atoms with Crippen molar-refractivity contribution in [2.75, 3.05) is 5.32 Å². The third-order valence-corrected chi connectivity index (χ3v) is 4.66. The number of hydrogen-bond acceptors (Lipinski definition) is 3. The van der Waals surface area contributed by atoms with Crippen LogP contribution in [0.2, 0.25) is 0 Å². The third-order valence-electron chi connectivity index (χ3n) is 2.30. The lowest BCUT2D eigenvalue weighted by molar-refractivity contribution is 0.0697. The number of aromatic carboxylic acids is 1. The maximum atomic E-state index is 11.2. The van der Waals surface area contributed by atoms with Crippen LogP contribution >= 0.6 is 43.2 Å². The van der Waals surface area contributed by atoms with Gasteiger partial charge in [0.25, 0.3) is 0 Å².